The molecular formula is C12H24N4O3S. The van der Waals surface area contributed by atoms with Crippen LogP contribution in [0, 0.1) is 0 Å². The van der Waals surface area contributed by atoms with Crippen molar-refractivity contribution < 1.29 is 13.2 Å². The molecule has 0 aliphatic carbocycles. The minimum atomic E-state index is -3.48. The van der Waals surface area contributed by atoms with Gasteiger partial charge in [0, 0.05) is 25.9 Å². The van der Waals surface area contributed by atoms with E-state index in [1.807, 2.05) is 13.8 Å². The Morgan fingerprint density at radius 2 is 2.15 bits per heavy atom. The number of nitrogens with one attached hydrogen (secondary N) is 2. The molecule has 1 rings (SSSR count). The van der Waals surface area contributed by atoms with Gasteiger partial charge in [-0.05, 0) is 26.4 Å². The molecular weight excluding hydrogens is 280 g/mol. The molecule has 0 radical (unpaired) electrons. The second-order valence-electron chi connectivity index (χ2n) is 4.24. The van der Waals surface area contributed by atoms with Gasteiger partial charge in [-0.1, -0.05) is 6.92 Å². The van der Waals surface area contributed by atoms with Gasteiger partial charge in [0.15, 0.2) is 0 Å². The van der Waals surface area contributed by atoms with Crippen molar-refractivity contribution in [3.8, 4) is 0 Å². The Morgan fingerprint density at radius 1 is 1.35 bits per heavy atom. The van der Waals surface area contributed by atoms with E-state index in [1.54, 1.807) is 10.9 Å². The minimum Gasteiger partial charge on any atom is -0.380 e. The first kappa shape index (κ1) is 17.1. The molecule has 20 heavy (non-hydrogen) atoms. The van der Waals surface area contributed by atoms with Crippen LogP contribution in [0.25, 0.3) is 0 Å². The van der Waals surface area contributed by atoms with Crippen LogP contribution >= 0.6 is 0 Å². The number of aromatic nitrogens is 2. The number of nitrogens with zero attached hydrogens (tertiary/aromatic N) is 2. The first-order chi connectivity index (χ1) is 9.60. The van der Waals surface area contributed by atoms with Crippen molar-refractivity contribution in [2.45, 2.75) is 31.7 Å². The van der Waals surface area contributed by atoms with Crippen LogP contribution in [0.4, 0.5) is 0 Å². The van der Waals surface area contributed by atoms with Crippen LogP contribution in [0.5, 0.6) is 0 Å². The highest BCUT2D eigenvalue weighted by atomic mass is 32.2. The smallest absolute Gasteiger partial charge is 0.243 e. The SMILES string of the molecule is CCNCCCn1cc(S(=O)(=O)NCCOCC)cn1. The topological polar surface area (TPSA) is 85.2 Å². The molecule has 8 heteroatoms. The number of hydrogen-bond acceptors (Lipinski definition) is 5. The lowest BCUT2D eigenvalue weighted by Crippen LogP contribution is -2.27. The van der Waals surface area contributed by atoms with Gasteiger partial charge in [0.25, 0.3) is 0 Å². The largest absolute Gasteiger partial charge is 0.380 e. The summed E-state index contributed by atoms with van der Waals surface area (Å²) in [6, 6.07) is 0. The Bertz CT molecular complexity index is 473. The van der Waals surface area contributed by atoms with Crippen molar-refractivity contribution in [2.75, 3.05) is 32.8 Å². The van der Waals surface area contributed by atoms with Crippen molar-refractivity contribution in [3.05, 3.63) is 12.4 Å². The fourth-order valence-corrected chi connectivity index (χ4v) is 2.59. The first-order valence-corrected chi connectivity index (χ1v) is 8.39. The molecule has 2 N–H and O–H groups in total. The van der Waals surface area contributed by atoms with Gasteiger partial charge < -0.3 is 10.1 Å². The summed E-state index contributed by atoms with van der Waals surface area (Å²) in [5.74, 6) is 0. The molecule has 0 amide bonds. The van der Waals surface area contributed by atoms with E-state index in [0.29, 0.717) is 19.8 Å². The molecule has 0 aromatic carbocycles. The van der Waals surface area contributed by atoms with Crippen LogP contribution in [-0.4, -0.2) is 51.0 Å². The molecule has 1 aromatic rings. The molecule has 0 fully saturated rings. The van der Waals surface area contributed by atoms with Crippen molar-refractivity contribution in [3.63, 3.8) is 0 Å². The predicted molar refractivity (Wildman–Crippen MR) is 77.1 cm³/mol. The molecule has 1 heterocycles. The van der Waals surface area contributed by atoms with E-state index in [-0.39, 0.29) is 11.4 Å². The molecule has 0 aliphatic rings. The third kappa shape index (κ3) is 6.00. The van der Waals surface area contributed by atoms with Crippen LogP contribution in [0.1, 0.15) is 20.3 Å². The predicted octanol–water partition coefficient (Wildman–Crippen LogP) is 0.198. The van der Waals surface area contributed by atoms with Gasteiger partial charge in [-0.15, -0.1) is 0 Å². The Labute approximate surface area is 120 Å². The van der Waals surface area contributed by atoms with Crippen LogP contribution < -0.4 is 10.0 Å². The summed E-state index contributed by atoms with van der Waals surface area (Å²) >= 11 is 0. The van der Waals surface area contributed by atoms with Crippen molar-refractivity contribution >= 4 is 10.0 Å². The fraction of sp³-hybridized carbons (Fsp3) is 0.750. The van der Waals surface area contributed by atoms with Gasteiger partial charge in [-0.2, -0.15) is 5.10 Å². The lowest BCUT2D eigenvalue weighted by atomic mass is 10.4. The zero-order valence-electron chi connectivity index (χ0n) is 12.1. The average molecular weight is 304 g/mol. The van der Waals surface area contributed by atoms with E-state index in [0.717, 1.165) is 19.5 Å². The molecule has 0 spiro atoms. The van der Waals surface area contributed by atoms with Crippen molar-refractivity contribution in [2.24, 2.45) is 0 Å². The Morgan fingerprint density at radius 3 is 2.85 bits per heavy atom. The van der Waals surface area contributed by atoms with E-state index in [9.17, 15) is 8.42 Å². The third-order valence-corrected chi connectivity index (χ3v) is 4.07. The van der Waals surface area contributed by atoms with Crippen molar-refractivity contribution in [1.29, 1.82) is 0 Å². The summed E-state index contributed by atoms with van der Waals surface area (Å²) in [7, 11) is -3.48. The lowest BCUT2D eigenvalue weighted by Gasteiger charge is -2.04. The quantitative estimate of drug-likeness (QED) is 0.570. The molecule has 0 saturated heterocycles. The molecule has 1 aromatic heterocycles. The number of rotatable bonds is 11. The zero-order valence-corrected chi connectivity index (χ0v) is 12.9. The van der Waals surface area contributed by atoms with Gasteiger partial charge in [0.1, 0.15) is 4.90 Å². The fourth-order valence-electron chi connectivity index (χ4n) is 1.62. The lowest BCUT2D eigenvalue weighted by molar-refractivity contribution is 0.153. The monoisotopic (exact) mass is 304 g/mol. The van der Waals surface area contributed by atoms with Crippen molar-refractivity contribution in [1.82, 2.24) is 19.8 Å². The molecule has 0 unspecified atom stereocenters. The number of hydrogen-bond donors (Lipinski definition) is 2. The summed E-state index contributed by atoms with van der Waals surface area (Å²) < 4.78 is 33.1. The molecule has 116 valence electrons. The van der Waals surface area contributed by atoms with E-state index in [1.165, 1.54) is 6.20 Å². The summed E-state index contributed by atoms with van der Waals surface area (Å²) in [5, 5.41) is 7.27. The van der Waals surface area contributed by atoms with Crippen LogP contribution in [0.15, 0.2) is 17.3 Å². The average Bonchev–Trinajstić information content (AvgIpc) is 2.89. The standard InChI is InChI=1S/C12H24N4O3S/c1-3-13-6-5-8-16-11-12(10-14-16)20(17,18)15-7-9-19-4-2/h10-11,13,15H,3-9H2,1-2H3. The summed E-state index contributed by atoms with van der Waals surface area (Å²) in [6.07, 6.45) is 3.83. The van der Waals surface area contributed by atoms with Crippen LogP contribution in [0.3, 0.4) is 0 Å². The van der Waals surface area contributed by atoms with E-state index in [2.05, 4.69) is 15.1 Å². The Kier molecular flexibility index (Phi) is 7.75. The third-order valence-electron chi connectivity index (χ3n) is 2.65. The highest BCUT2D eigenvalue weighted by Gasteiger charge is 2.15. The van der Waals surface area contributed by atoms with E-state index in [4.69, 9.17) is 4.74 Å². The first-order valence-electron chi connectivity index (χ1n) is 6.90. The van der Waals surface area contributed by atoms with E-state index < -0.39 is 10.0 Å². The maximum absolute atomic E-state index is 12.0. The second-order valence-corrected chi connectivity index (χ2v) is 6.01. The zero-order chi connectivity index (χ0) is 14.8. The normalized spacial score (nSPS) is 11.9. The summed E-state index contributed by atoms with van der Waals surface area (Å²) in [5.41, 5.74) is 0. The van der Waals surface area contributed by atoms with E-state index >= 15 is 0 Å². The van der Waals surface area contributed by atoms with Gasteiger partial charge in [0.2, 0.25) is 10.0 Å². The van der Waals surface area contributed by atoms with Crippen LogP contribution in [-0.2, 0) is 21.3 Å². The Balaban J connectivity index is 2.44. The minimum absolute atomic E-state index is 0.192. The number of ether oxygens (including phenoxy) is 1. The molecule has 0 bridgehead atoms. The van der Waals surface area contributed by atoms with Gasteiger partial charge in [-0.3, -0.25) is 4.68 Å². The Hall–Kier alpha value is -0.960. The summed E-state index contributed by atoms with van der Waals surface area (Å²) in [6.45, 7) is 7.65. The number of sulfonamides is 1. The van der Waals surface area contributed by atoms with Crippen LogP contribution in [0.2, 0.25) is 0 Å². The maximum Gasteiger partial charge on any atom is 0.243 e. The number of aryl methyl sites for hydroxylation is 1. The highest BCUT2D eigenvalue weighted by Crippen LogP contribution is 2.06. The van der Waals surface area contributed by atoms with Gasteiger partial charge in [-0.25, -0.2) is 13.1 Å². The second kappa shape index (κ2) is 9.06. The molecule has 7 nitrogen and oxygen atoms in total. The molecule has 0 saturated carbocycles. The maximum atomic E-state index is 12.0. The van der Waals surface area contributed by atoms with Gasteiger partial charge >= 0.3 is 0 Å². The van der Waals surface area contributed by atoms with Gasteiger partial charge in [0.05, 0.1) is 12.8 Å². The summed E-state index contributed by atoms with van der Waals surface area (Å²) in [4.78, 5) is 0.192. The molecule has 0 atom stereocenters. The highest BCUT2D eigenvalue weighted by molar-refractivity contribution is 7.89. The molecule has 0 aliphatic heterocycles.